The smallest absolute Gasteiger partial charge is 0.0412 e. The molecule has 24 heavy (non-hydrogen) atoms. The molecule has 0 amide bonds. The summed E-state index contributed by atoms with van der Waals surface area (Å²) in [6, 6.07) is 24.7. The van der Waals surface area contributed by atoms with Gasteiger partial charge in [-0.3, -0.25) is 0 Å². The maximum atomic E-state index is 6.08. The molecule has 0 saturated heterocycles. The molecule has 0 bridgehead atoms. The topological polar surface area (TPSA) is 0 Å². The van der Waals surface area contributed by atoms with Crippen LogP contribution in [0, 0.1) is 0 Å². The minimum Gasteiger partial charge on any atom is -0.0843 e. The first-order chi connectivity index (χ1) is 11.7. The number of rotatable bonds is 2. The molecule has 4 aromatic carbocycles. The first kappa shape index (κ1) is 15.3. The number of fused-ring (bicyclic) bond motifs is 2. The summed E-state index contributed by atoms with van der Waals surface area (Å²) in [7, 11) is 0. The lowest BCUT2D eigenvalue weighted by atomic mass is 10.0. The molecule has 0 radical (unpaired) electrons. The van der Waals surface area contributed by atoms with E-state index in [2.05, 4.69) is 48.6 Å². The van der Waals surface area contributed by atoms with Crippen molar-refractivity contribution in [3.63, 3.8) is 0 Å². The molecule has 0 heterocycles. The van der Waals surface area contributed by atoms with Crippen molar-refractivity contribution < 1.29 is 0 Å². The summed E-state index contributed by atoms with van der Waals surface area (Å²) in [6.07, 6.45) is 4.23. The van der Waals surface area contributed by atoms with Crippen LogP contribution >= 0.6 is 23.2 Å². The lowest BCUT2D eigenvalue weighted by Gasteiger charge is -2.02. The van der Waals surface area contributed by atoms with Gasteiger partial charge in [0.15, 0.2) is 0 Å². The average Bonchev–Trinajstić information content (AvgIpc) is 2.59. The van der Waals surface area contributed by atoms with Crippen molar-refractivity contribution in [2.45, 2.75) is 0 Å². The van der Waals surface area contributed by atoms with E-state index in [0.29, 0.717) is 0 Å². The quantitative estimate of drug-likeness (QED) is 0.329. The van der Waals surface area contributed by atoms with E-state index >= 15 is 0 Å². The highest BCUT2D eigenvalue weighted by Gasteiger charge is 1.98. The maximum absolute atomic E-state index is 6.08. The standard InChI is InChI=1S/C22H14Cl2/c23-21-9-7-17-5-3-15(11-19(17)13-21)1-2-16-4-6-18-8-10-22(24)14-20(18)12-16/h1-14H/b2-1+. The van der Waals surface area contributed by atoms with Crippen molar-refractivity contribution in [3.8, 4) is 0 Å². The molecule has 116 valence electrons. The Labute approximate surface area is 150 Å². The van der Waals surface area contributed by atoms with E-state index in [9.17, 15) is 0 Å². The zero-order chi connectivity index (χ0) is 16.5. The van der Waals surface area contributed by atoms with Crippen LogP contribution in [0.5, 0.6) is 0 Å². The molecule has 2 heteroatoms. The Morgan fingerprint density at radius 3 is 1.33 bits per heavy atom. The van der Waals surface area contributed by atoms with E-state index in [1.54, 1.807) is 0 Å². The molecule has 0 aliphatic rings. The maximum Gasteiger partial charge on any atom is 0.0412 e. The Morgan fingerprint density at radius 1 is 0.458 bits per heavy atom. The van der Waals surface area contributed by atoms with Gasteiger partial charge in [0, 0.05) is 10.0 Å². The predicted molar refractivity (Wildman–Crippen MR) is 107 cm³/mol. The molecule has 0 atom stereocenters. The second-order valence-electron chi connectivity index (χ2n) is 5.84. The molecule has 4 rings (SSSR count). The number of hydrogen-bond donors (Lipinski definition) is 0. The van der Waals surface area contributed by atoms with E-state index in [4.69, 9.17) is 23.2 Å². The van der Waals surface area contributed by atoms with Crippen LogP contribution in [0.3, 0.4) is 0 Å². The monoisotopic (exact) mass is 348 g/mol. The Bertz CT molecular complexity index is 990. The van der Waals surface area contributed by atoms with E-state index in [-0.39, 0.29) is 0 Å². The second-order valence-corrected chi connectivity index (χ2v) is 6.71. The van der Waals surface area contributed by atoms with Gasteiger partial charge in [0.1, 0.15) is 0 Å². The Hall–Kier alpha value is -2.28. The minimum atomic E-state index is 0.759. The lowest BCUT2D eigenvalue weighted by molar-refractivity contribution is 1.69. The molecule has 0 aromatic heterocycles. The molecule has 0 aliphatic heterocycles. The van der Waals surface area contributed by atoms with Crippen molar-refractivity contribution in [2.24, 2.45) is 0 Å². The number of benzene rings is 4. The van der Waals surface area contributed by atoms with E-state index in [1.165, 1.54) is 10.8 Å². The summed E-state index contributed by atoms with van der Waals surface area (Å²) in [6.45, 7) is 0. The van der Waals surface area contributed by atoms with Crippen molar-refractivity contribution in [1.82, 2.24) is 0 Å². The van der Waals surface area contributed by atoms with Gasteiger partial charge in [-0.05, 0) is 69.1 Å². The molecular formula is C22H14Cl2. The van der Waals surface area contributed by atoms with Gasteiger partial charge in [0.05, 0.1) is 0 Å². The highest BCUT2D eigenvalue weighted by Crippen LogP contribution is 2.23. The largest absolute Gasteiger partial charge is 0.0843 e. The fourth-order valence-corrected chi connectivity index (χ4v) is 3.23. The van der Waals surface area contributed by atoms with E-state index in [1.807, 2.05) is 36.4 Å². The fourth-order valence-electron chi connectivity index (χ4n) is 2.87. The van der Waals surface area contributed by atoms with Gasteiger partial charge in [-0.15, -0.1) is 0 Å². The van der Waals surface area contributed by atoms with Crippen LogP contribution < -0.4 is 0 Å². The SMILES string of the molecule is Clc1ccc2ccc(/C=C/c3ccc4ccc(Cl)cc4c3)cc2c1. The van der Waals surface area contributed by atoms with Gasteiger partial charge in [-0.1, -0.05) is 71.8 Å². The molecule has 0 fully saturated rings. The third-order valence-corrected chi connectivity index (χ3v) is 4.59. The van der Waals surface area contributed by atoms with Crippen LogP contribution in [0.25, 0.3) is 33.7 Å². The first-order valence-electron chi connectivity index (χ1n) is 7.74. The molecule has 0 N–H and O–H groups in total. The summed E-state index contributed by atoms with van der Waals surface area (Å²) in [5.74, 6) is 0. The summed E-state index contributed by atoms with van der Waals surface area (Å²) in [4.78, 5) is 0. The summed E-state index contributed by atoms with van der Waals surface area (Å²) < 4.78 is 0. The van der Waals surface area contributed by atoms with Crippen LogP contribution in [0.1, 0.15) is 11.1 Å². The van der Waals surface area contributed by atoms with Crippen LogP contribution in [0.15, 0.2) is 72.8 Å². The van der Waals surface area contributed by atoms with Crippen LogP contribution in [-0.2, 0) is 0 Å². The highest BCUT2D eigenvalue weighted by atomic mass is 35.5. The van der Waals surface area contributed by atoms with Gasteiger partial charge in [0.2, 0.25) is 0 Å². The molecule has 0 aliphatic carbocycles. The second kappa shape index (κ2) is 6.32. The van der Waals surface area contributed by atoms with Gasteiger partial charge in [0.25, 0.3) is 0 Å². The number of hydrogen-bond acceptors (Lipinski definition) is 0. The highest BCUT2D eigenvalue weighted by molar-refractivity contribution is 6.31. The van der Waals surface area contributed by atoms with Crippen molar-refractivity contribution in [3.05, 3.63) is 94.0 Å². The molecule has 4 aromatic rings. The molecule has 0 unspecified atom stereocenters. The Balaban J connectivity index is 1.69. The summed E-state index contributed by atoms with van der Waals surface area (Å²) in [5.41, 5.74) is 2.30. The Kier molecular flexibility index (Phi) is 4.02. The normalized spacial score (nSPS) is 11.6. The van der Waals surface area contributed by atoms with Gasteiger partial charge in [-0.25, -0.2) is 0 Å². The average molecular weight is 349 g/mol. The van der Waals surface area contributed by atoms with Gasteiger partial charge >= 0.3 is 0 Å². The zero-order valence-corrected chi connectivity index (χ0v) is 14.4. The number of halogens is 2. The summed E-state index contributed by atoms with van der Waals surface area (Å²) in [5, 5.41) is 6.20. The van der Waals surface area contributed by atoms with Crippen molar-refractivity contribution >= 4 is 56.9 Å². The van der Waals surface area contributed by atoms with E-state index < -0.39 is 0 Å². The molecule has 0 saturated carbocycles. The lowest BCUT2D eigenvalue weighted by Crippen LogP contribution is -1.78. The van der Waals surface area contributed by atoms with Crippen molar-refractivity contribution in [1.29, 1.82) is 0 Å². The third-order valence-electron chi connectivity index (χ3n) is 4.12. The van der Waals surface area contributed by atoms with Crippen molar-refractivity contribution in [2.75, 3.05) is 0 Å². The zero-order valence-electron chi connectivity index (χ0n) is 12.8. The summed E-state index contributed by atoms with van der Waals surface area (Å²) >= 11 is 12.2. The van der Waals surface area contributed by atoms with Crippen LogP contribution in [0.4, 0.5) is 0 Å². The molecule has 0 spiro atoms. The fraction of sp³-hybridized carbons (Fsp3) is 0. The third kappa shape index (κ3) is 3.17. The minimum absolute atomic E-state index is 0.759. The van der Waals surface area contributed by atoms with E-state index in [0.717, 1.165) is 31.9 Å². The molecule has 0 nitrogen and oxygen atoms in total. The first-order valence-corrected chi connectivity index (χ1v) is 8.50. The van der Waals surface area contributed by atoms with Gasteiger partial charge < -0.3 is 0 Å². The van der Waals surface area contributed by atoms with Crippen LogP contribution in [0.2, 0.25) is 10.0 Å². The Morgan fingerprint density at radius 2 is 0.875 bits per heavy atom. The van der Waals surface area contributed by atoms with Gasteiger partial charge in [-0.2, -0.15) is 0 Å². The van der Waals surface area contributed by atoms with Crippen LogP contribution in [-0.4, -0.2) is 0 Å². The predicted octanol–water partition coefficient (Wildman–Crippen LogP) is 7.47. The molecular weight excluding hydrogens is 335 g/mol.